The molecule has 0 fully saturated rings. The number of nitro groups is 1. The van der Waals surface area contributed by atoms with Crippen molar-refractivity contribution in [1.82, 2.24) is 20.2 Å². The molecule has 1 amide bonds. The van der Waals surface area contributed by atoms with Gasteiger partial charge in [-0.1, -0.05) is 0 Å². The maximum atomic E-state index is 13.0. The van der Waals surface area contributed by atoms with Crippen LogP contribution in [0.2, 0.25) is 0 Å². The van der Waals surface area contributed by atoms with E-state index in [4.69, 9.17) is 4.74 Å². The summed E-state index contributed by atoms with van der Waals surface area (Å²) in [4.78, 5) is 23.8. The third-order valence-corrected chi connectivity index (χ3v) is 3.84. The monoisotopic (exact) mass is 386 g/mol. The molecule has 0 saturated carbocycles. The van der Waals surface area contributed by atoms with E-state index in [-0.39, 0.29) is 29.6 Å². The van der Waals surface area contributed by atoms with Gasteiger partial charge in [-0.3, -0.25) is 14.9 Å². The molecular formula is C17H15FN6O4. The largest absolute Gasteiger partial charge is 0.490 e. The van der Waals surface area contributed by atoms with Gasteiger partial charge in [0, 0.05) is 23.4 Å². The van der Waals surface area contributed by atoms with Crippen LogP contribution in [-0.2, 0) is 11.3 Å². The maximum absolute atomic E-state index is 13.0. The molecule has 10 nitrogen and oxygen atoms in total. The summed E-state index contributed by atoms with van der Waals surface area (Å²) in [6, 6.07) is 8.24. The molecule has 3 rings (SSSR count). The minimum atomic E-state index is -0.562. The first-order valence-corrected chi connectivity index (χ1v) is 8.04. The number of halogens is 1. The molecule has 1 aromatic heterocycles. The van der Waals surface area contributed by atoms with Gasteiger partial charge in [-0.25, -0.2) is 4.39 Å². The van der Waals surface area contributed by atoms with Gasteiger partial charge in [-0.2, -0.15) is 4.80 Å². The maximum Gasteiger partial charge on any atom is 0.311 e. The van der Waals surface area contributed by atoms with Crippen LogP contribution >= 0.6 is 0 Å². The lowest BCUT2D eigenvalue weighted by Gasteiger charge is -2.10. The average Bonchev–Trinajstić information content (AvgIpc) is 3.11. The number of nitro benzene ring substituents is 1. The highest BCUT2D eigenvalue weighted by atomic mass is 19.1. The van der Waals surface area contributed by atoms with Gasteiger partial charge in [0.25, 0.3) is 0 Å². The number of aromatic nitrogens is 4. The highest BCUT2D eigenvalue weighted by Crippen LogP contribution is 2.32. The summed E-state index contributed by atoms with van der Waals surface area (Å²) in [5.41, 5.74) is 1.23. The third-order valence-electron chi connectivity index (χ3n) is 3.84. The van der Waals surface area contributed by atoms with Gasteiger partial charge in [-0.15, -0.1) is 10.2 Å². The Hall–Kier alpha value is -3.89. The summed E-state index contributed by atoms with van der Waals surface area (Å²) >= 11 is 0. The number of carbonyl (C=O) groups excluding carboxylic acids is 1. The Kier molecular flexibility index (Phi) is 5.25. The predicted molar refractivity (Wildman–Crippen MR) is 96.2 cm³/mol. The minimum absolute atomic E-state index is 0.0309. The van der Waals surface area contributed by atoms with E-state index in [0.717, 1.165) is 4.80 Å². The van der Waals surface area contributed by atoms with E-state index >= 15 is 0 Å². The van der Waals surface area contributed by atoms with E-state index in [9.17, 15) is 19.3 Å². The first-order valence-electron chi connectivity index (χ1n) is 8.04. The smallest absolute Gasteiger partial charge is 0.311 e. The normalized spacial score (nSPS) is 10.5. The van der Waals surface area contributed by atoms with Crippen molar-refractivity contribution in [2.45, 2.75) is 13.5 Å². The summed E-state index contributed by atoms with van der Waals surface area (Å²) in [6.45, 7) is 1.40. The van der Waals surface area contributed by atoms with Crippen molar-refractivity contribution in [3.63, 3.8) is 0 Å². The van der Waals surface area contributed by atoms with Crippen LogP contribution in [-0.4, -0.2) is 38.1 Å². The molecule has 0 saturated heterocycles. The first kappa shape index (κ1) is 18.9. The van der Waals surface area contributed by atoms with Crippen molar-refractivity contribution in [1.29, 1.82) is 0 Å². The molecule has 0 spiro atoms. The molecule has 0 atom stereocenters. The second kappa shape index (κ2) is 7.78. The lowest BCUT2D eigenvalue weighted by Crippen LogP contribution is -2.21. The highest BCUT2D eigenvalue weighted by Gasteiger charge is 2.19. The molecule has 28 heavy (non-hydrogen) atoms. The molecule has 11 heteroatoms. The molecule has 1 heterocycles. The summed E-state index contributed by atoms with van der Waals surface area (Å²) in [5, 5.41) is 25.4. The van der Waals surface area contributed by atoms with Crippen molar-refractivity contribution < 1.29 is 18.8 Å². The molecule has 0 bridgehead atoms. The number of aryl methyl sites for hydroxylation is 1. The predicted octanol–water partition coefficient (Wildman–Crippen LogP) is 2.34. The van der Waals surface area contributed by atoms with E-state index in [1.165, 1.54) is 43.5 Å². The third kappa shape index (κ3) is 4.09. The highest BCUT2D eigenvalue weighted by molar-refractivity contribution is 5.91. The zero-order chi connectivity index (χ0) is 20.3. The molecule has 0 unspecified atom stereocenters. The van der Waals surface area contributed by atoms with Gasteiger partial charge in [0.15, 0.2) is 5.75 Å². The molecular weight excluding hydrogens is 371 g/mol. The van der Waals surface area contributed by atoms with Crippen LogP contribution in [0.3, 0.4) is 0 Å². The van der Waals surface area contributed by atoms with Gasteiger partial charge in [0.1, 0.15) is 12.4 Å². The van der Waals surface area contributed by atoms with Crippen molar-refractivity contribution in [2.75, 3.05) is 12.4 Å². The fourth-order valence-corrected chi connectivity index (χ4v) is 2.46. The zero-order valence-corrected chi connectivity index (χ0v) is 14.9. The van der Waals surface area contributed by atoms with Crippen LogP contribution in [0.15, 0.2) is 36.4 Å². The standard InChI is InChI=1S/C17H15FN6O4/c1-10-7-14(24(26)27)15(28-2)8-13(10)19-16(25)9-23-21-17(20-22-23)11-3-5-12(18)6-4-11/h3-8H,9H2,1-2H3,(H,19,25). The van der Waals surface area contributed by atoms with Gasteiger partial charge in [0.05, 0.1) is 12.0 Å². The average molecular weight is 386 g/mol. The fourth-order valence-electron chi connectivity index (χ4n) is 2.46. The Morgan fingerprint density at radius 2 is 2.04 bits per heavy atom. The Balaban J connectivity index is 1.73. The SMILES string of the molecule is COc1cc(NC(=O)Cn2nnc(-c3ccc(F)cc3)n2)c(C)cc1[N+](=O)[O-]. The summed E-state index contributed by atoms with van der Waals surface area (Å²) in [7, 11) is 1.31. The van der Waals surface area contributed by atoms with Crippen LogP contribution in [0.25, 0.3) is 11.4 Å². The number of carbonyl (C=O) groups is 1. The number of nitrogens with one attached hydrogen (secondary N) is 1. The number of amides is 1. The topological polar surface area (TPSA) is 125 Å². The second-order valence-corrected chi connectivity index (χ2v) is 5.79. The van der Waals surface area contributed by atoms with Crippen molar-refractivity contribution in [3.05, 3.63) is 57.9 Å². The number of hydrogen-bond donors (Lipinski definition) is 1. The Morgan fingerprint density at radius 1 is 1.32 bits per heavy atom. The molecule has 0 radical (unpaired) electrons. The van der Waals surface area contributed by atoms with Gasteiger partial charge >= 0.3 is 5.69 Å². The van der Waals surface area contributed by atoms with Crippen LogP contribution in [0.5, 0.6) is 5.75 Å². The van der Waals surface area contributed by atoms with Crippen molar-refractivity contribution >= 4 is 17.3 Å². The number of ether oxygens (including phenoxy) is 1. The second-order valence-electron chi connectivity index (χ2n) is 5.79. The minimum Gasteiger partial charge on any atom is -0.490 e. The van der Waals surface area contributed by atoms with Gasteiger partial charge in [0.2, 0.25) is 11.7 Å². The summed E-state index contributed by atoms with van der Waals surface area (Å²) in [5.74, 6) is -0.559. The van der Waals surface area contributed by atoms with E-state index in [1.54, 1.807) is 6.92 Å². The van der Waals surface area contributed by atoms with Crippen molar-refractivity contribution in [3.8, 4) is 17.1 Å². The first-order chi connectivity index (χ1) is 13.4. The Labute approximate surface area is 158 Å². The molecule has 1 N–H and O–H groups in total. The number of nitrogens with zero attached hydrogens (tertiary/aromatic N) is 5. The number of tetrazole rings is 1. The van der Waals surface area contributed by atoms with Crippen molar-refractivity contribution in [2.24, 2.45) is 0 Å². The van der Waals surface area contributed by atoms with E-state index in [1.807, 2.05) is 0 Å². The molecule has 0 aliphatic rings. The number of anilines is 1. The van der Waals surface area contributed by atoms with Crippen LogP contribution in [0.1, 0.15) is 5.56 Å². The van der Waals surface area contributed by atoms with E-state index < -0.39 is 10.8 Å². The number of methoxy groups -OCH3 is 1. The molecule has 2 aromatic carbocycles. The van der Waals surface area contributed by atoms with E-state index in [2.05, 4.69) is 20.7 Å². The lowest BCUT2D eigenvalue weighted by molar-refractivity contribution is -0.385. The van der Waals surface area contributed by atoms with Crippen LogP contribution in [0.4, 0.5) is 15.8 Å². The van der Waals surface area contributed by atoms with E-state index in [0.29, 0.717) is 16.8 Å². The van der Waals surface area contributed by atoms with Gasteiger partial charge < -0.3 is 10.1 Å². The molecule has 144 valence electrons. The lowest BCUT2D eigenvalue weighted by atomic mass is 10.1. The van der Waals surface area contributed by atoms with Crippen LogP contribution in [0, 0.1) is 22.9 Å². The Bertz CT molecular complexity index is 1030. The summed E-state index contributed by atoms with van der Waals surface area (Å²) < 4.78 is 18.0. The number of benzene rings is 2. The number of hydrogen-bond acceptors (Lipinski definition) is 7. The molecule has 0 aliphatic heterocycles. The van der Waals surface area contributed by atoms with Crippen LogP contribution < -0.4 is 10.1 Å². The molecule has 3 aromatic rings. The Morgan fingerprint density at radius 3 is 2.68 bits per heavy atom. The number of rotatable bonds is 6. The fraction of sp³-hybridized carbons (Fsp3) is 0.176. The zero-order valence-electron chi connectivity index (χ0n) is 14.9. The molecule has 0 aliphatic carbocycles. The summed E-state index contributed by atoms with van der Waals surface area (Å²) in [6.07, 6.45) is 0. The van der Waals surface area contributed by atoms with Gasteiger partial charge in [-0.05, 0) is 42.0 Å². The quantitative estimate of drug-likeness (QED) is 0.509.